The Morgan fingerprint density at radius 2 is 1.87 bits per heavy atom. The third-order valence-electron chi connectivity index (χ3n) is 1.74. The van der Waals surface area contributed by atoms with E-state index in [0.29, 0.717) is 17.8 Å². The van der Waals surface area contributed by atoms with Gasteiger partial charge in [-0.3, -0.25) is 10.1 Å². The quantitative estimate of drug-likeness (QED) is 0.704. The molecule has 0 heterocycles. The number of carboxylic acid groups (broad SMARTS) is 1. The van der Waals surface area contributed by atoms with Gasteiger partial charge in [0.25, 0.3) is 5.91 Å². The molecule has 0 aromatic heterocycles. The summed E-state index contributed by atoms with van der Waals surface area (Å²) in [4.78, 5) is 21.6. The van der Waals surface area contributed by atoms with E-state index in [0.717, 1.165) is 0 Å². The molecular formula is C10H12N2O3. The second-order valence-electron chi connectivity index (χ2n) is 2.87. The van der Waals surface area contributed by atoms with Gasteiger partial charge < -0.3 is 10.4 Å². The zero-order valence-corrected chi connectivity index (χ0v) is 8.28. The van der Waals surface area contributed by atoms with Gasteiger partial charge in [0, 0.05) is 17.8 Å². The van der Waals surface area contributed by atoms with Crippen LogP contribution in [-0.2, 0) is 0 Å². The first kappa shape index (κ1) is 11.0. The largest absolute Gasteiger partial charge is 0.465 e. The van der Waals surface area contributed by atoms with Gasteiger partial charge in [0.05, 0.1) is 0 Å². The lowest BCUT2D eigenvalue weighted by atomic mass is 10.2. The van der Waals surface area contributed by atoms with Crippen LogP contribution in [0.5, 0.6) is 0 Å². The van der Waals surface area contributed by atoms with Gasteiger partial charge >= 0.3 is 6.09 Å². The molecule has 1 rings (SSSR count). The number of anilines is 1. The third kappa shape index (κ3) is 3.30. The summed E-state index contributed by atoms with van der Waals surface area (Å²) in [5.41, 5.74) is 0.948. The Bertz CT molecular complexity index is 359. The van der Waals surface area contributed by atoms with Crippen LogP contribution in [0.25, 0.3) is 0 Å². The summed E-state index contributed by atoms with van der Waals surface area (Å²) in [7, 11) is 0. The second kappa shape index (κ2) is 4.99. The first-order valence-electron chi connectivity index (χ1n) is 4.51. The van der Waals surface area contributed by atoms with Gasteiger partial charge in [0.15, 0.2) is 0 Å². The maximum atomic E-state index is 11.3. The Labute approximate surface area is 87.1 Å². The monoisotopic (exact) mass is 208 g/mol. The maximum Gasteiger partial charge on any atom is 0.409 e. The Balaban J connectivity index is 2.71. The molecule has 0 unspecified atom stereocenters. The molecule has 0 aliphatic heterocycles. The van der Waals surface area contributed by atoms with Crippen LogP contribution >= 0.6 is 0 Å². The molecule has 0 aliphatic carbocycles. The van der Waals surface area contributed by atoms with Gasteiger partial charge in [-0.1, -0.05) is 0 Å². The summed E-state index contributed by atoms with van der Waals surface area (Å²) >= 11 is 0. The SMILES string of the molecule is CCNC(=O)c1ccc(NC(=O)O)cc1. The van der Waals surface area contributed by atoms with E-state index in [1.807, 2.05) is 6.92 Å². The highest BCUT2D eigenvalue weighted by molar-refractivity contribution is 5.94. The van der Waals surface area contributed by atoms with Crippen LogP contribution in [0.3, 0.4) is 0 Å². The van der Waals surface area contributed by atoms with Crippen molar-refractivity contribution in [2.24, 2.45) is 0 Å². The van der Waals surface area contributed by atoms with Crippen LogP contribution in [0.2, 0.25) is 0 Å². The average molecular weight is 208 g/mol. The Kier molecular flexibility index (Phi) is 3.68. The molecule has 0 radical (unpaired) electrons. The van der Waals surface area contributed by atoms with E-state index >= 15 is 0 Å². The number of amides is 2. The molecule has 80 valence electrons. The van der Waals surface area contributed by atoms with Crippen LogP contribution in [0.4, 0.5) is 10.5 Å². The van der Waals surface area contributed by atoms with Crippen molar-refractivity contribution in [2.75, 3.05) is 11.9 Å². The summed E-state index contributed by atoms with van der Waals surface area (Å²) < 4.78 is 0. The van der Waals surface area contributed by atoms with Crippen LogP contribution < -0.4 is 10.6 Å². The Morgan fingerprint density at radius 1 is 1.27 bits per heavy atom. The average Bonchev–Trinajstić information content (AvgIpc) is 2.18. The molecule has 0 aliphatic rings. The Morgan fingerprint density at radius 3 is 2.33 bits per heavy atom. The van der Waals surface area contributed by atoms with Crippen molar-refractivity contribution in [2.45, 2.75) is 6.92 Å². The number of nitrogens with one attached hydrogen (secondary N) is 2. The molecule has 0 spiro atoms. The first-order valence-corrected chi connectivity index (χ1v) is 4.51. The zero-order valence-electron chi connectivity index (χ0n) is 8.28. The van der Waals surface area contributed by atoms with E-state index < -0.39 is 6.09 Å². The molecule has 5 heteroatoms. The number of carbonyl (C=O) groups excluding carboxylic acids is 1. The predicted molar refractivity (Wildman–Crippen MR) is 56.1 cm³/mol. The number of hydrogen-bond donors (Lipinski definition) is 3. The topological polar surface area (TPSA) is 78.4 Å². The molecule has 0 saturated carbocycles. The molecule has 15 heavy (non-hydrogen) atoms. The number of rotatable bonds is 3. The fourth-order valence-corrected chi connectivity index (χ4v) is 1.09. The zero-order chi connectivity index (χ0) is 11.3. The number of carbonyl (C=O) groups is 2. The van der Waals surface area contributed by atoms with E-state index in [-0.39, 0.29) is 5.91 Å². The molecule has 1 aromatic rings. The van der Waals surface area contributed by atoms with Crippen molar-refractivity contribution in [3.05, 3.63) is 29.8 Å². The van der Waals surface area contributed by atoms with Gasteiger partial charge in [0.1, 0.15) is 0 Å². The van der Waals surface area contributed by atoms with Gasteiger partial charge in [-0.05, 0) is 31.2 Å². The van der Waals surface area contributed by atoms with Gasteiger partial charge in [-0.2, -0.15) is 0 Å². The van der Waals surface area contributed by atoms with E-state index in [2.05, 4.69) is 10.6 Å². The lowest BCUT2D eigenvalue weighted by Crippen LogP contribution is -2.22. The van der Waals surface area contributed by atoms with Crippen LogP contribution in [-0.4, -0.2) is 23.7 Å². The number of hydrogen-bond acceptors (Lipinski definition) is 2. The summed E-state index contributed by atoms with van der Waals surface area (Å²) in [6.07, 6.45) is -1.12. The van der Waals surface area contributed by atoms with Crippen molar-refractivity contribution >= 4 is 17.7 Å². The Hall–Kier alpha value is -2.04. The third-order valence-corrected chi connectivity index (χ3v) is 1.74. The first-order chi connectivity index (χ1) is 7.13. The summed E-state index contributed by atoms with van der Waals surface area (Å²) in [6.45, 7) is 2.40. The molecular weight excluding hydrogens is 196 g/mol. The summed E-state index contributed by atoms with van der Waals surface area (Å²) in [5.74, 6) is -0.167. The van der Waals surface area contributed by atoms with E-state index in [1.54, 1.807) is 24.3 Å². The van der Waals surface area contributed by atoms with Crippen LogP contribution in [0, 0.1) is 0 Å². The standard InChI is InChI=1S/C10H12N2O3/c1-2-11-9(13)7-3-5-8(6-4-7)12-10(14)15/h3-6,12H,2H2,1H3,(H,11,13)(H,14,15). The normalized spacial score (nSPS) is 9.40. The molecule has 0 fully saturated rings. The lowest BCUT2D eigenvalue weighted by Gasteiger charge is -2.03. The maximum absolute atomic E-state index is 11.3. The second-order valence-corrected chi connectivity index (χ2v) is 2.87. The molecule has 5 nitrogen and oxygen atoms in total. The molecule has 0 saturated heterocycles. The lowest BCUT2D eigenvalue weighted by molar-refractivity contribution is 0.0956. The molecule has 0 atom stereocenters. The van der Waals surface area contributed by atoms with Crippen molar-refractivity contribution in [1.82, 2.24) is 5.32 Å². The predicted octanol–water partition coefficient (Wildman–Crippen LogP) is 1.53. The molecule has 1 aromatic carbocycles. The fourth-order valence-electron chi connectivity index (χ4n) is 1.09. The minimum atomic E-state index is -1.12. The van der Waals surface area contributed by atoms with E-state index in [1.165, 1.54) is 0 Å². The smallest absolute Gasteiger partial charge is 0.409 e. The van der Waals surface area contributed by atoms with Crippen molar-refractivity contribution in [3.63, 3.8) is 0 Å². The minimum Gasteiger partial charge on any atom is -0.465 e. The van der Waals surface area contributed by atoms with E-state index in [9.17, 15) is 9.59 Å². The minimum absolute atomic E-state index is 0.167. The highest BCUT2D eigenvalue weighted by Crippen LogP contribution is 2.09. The number of benzene rings is 1. The van der Waals surface area contributed by atoms with Gasteiger partial charge in [0.2, 0.25) is 0 Å². The molecule has 0 bridgehead atoms. The summed E-state index contributed by atoms with van der Waals surface area (Å²) in [5, 5.41) is 13.3. The van der Waals surface area contributed by atoms with Crippen LogP contribution in [0.1, 0.15) is 17.3 Å². The molecule has 3 N–H and O–H groups in total. The van der Waals surface area contributed by atoms with Crippen LogP contribution in [0.15, 0.2) is 24.3 Å². The van der Waals surface area contributed by atoms with Gasteiger partial charge in [-0.15, -0.1) is 0 Å². The summed E-state index contributed by atoms with van der Waals surface area (Å²) in [6, 6.07) is 6.21. The van der Waals surface area contributed by atoms with Crippen molar-refractivity contribution in [3.8, 4) is 0 Å². The molecule has 2 amide bonds. The van der Waals surface area contributed by atoms with Gasteiger partial charge in [-0.25, -0.2) is 4.79 Å². The fraction of sp³-hybridized carbons (Fsp3) is 0.200. The van der Waals surface area contributed by atoms with Crippen molar-refractivity contribution in [1.29, 1.82) is 0 Å². The van der Waals surface area contributed by atoms with E-state index in [4.69, 9.17) is 5.11 Å². The highest BCUT2D eigenvalue weighted by atomic mass is 16.4. The van der Waals surface area contributed by atoms with Crippen molar-refractivity contribution < 1.29 is 14.7 Å². The highest BCUT2D eigenvalue weighted by Gasteiger charge is 2.03.